The molecule has 0 aliphatic carbocycles. The van der Waals surface area contributed by atoms with Crippen molar-refractivity contribution in [2.45, 2.75) is 6.54 Å². The van der Waals surface area contributed by atoms with Crippen LogP contribution in [0.2, 0.25) is 0 Å². The number of amides is 1. The Morgan fingerprint density at radius 1 is 1.14 bits per heavy atom. The third-order valence-electron chi connectivity index (χ3n) is 2.93. The Labute approximate surface area is 128 Å². The first-order chi connectivity index (χ1) is 10.6. The van der Waals surface area contributed by atoms with Crippen LogP contribution in [0.15, 0.2) is 48.7 Å². The van der Waals surface area contributed by atoms with Crippen LogP contribution in [0.4, 0.5) is 4.79 Å². The minimum atomic E-state index is -0.831. The molecule has 6 nitrogen and oxygen atoms in total. The Kier molecular flexibility index (Phi) is 5.08. The number of rotatable bonds is 4. The standard InChI is InChI=1S/C16H16N2O4/c1-18(11-12-6-4-3-5-7-12)15(19)14-9-8-13(10-17-14)22-16(20)21-2/h3-10H,11H2,1-2H3. The molecule has 0 spiro atoms. The van der Waals surface area contributed by atoms with Crippen molar-refractivity contribution < 1.29 is 19.1 Å². The average molecular weight is 300 g/mol. The number of hydrogen-bond donors (Lipinski definition) is 0. The lowest BCUT2D eigenvalue weighted by molar-refractivity contribution is 0.0779. The number of nitrogens with zero attached hydrogens (tertiary/aromatic N) is 2. The Morgan fingerprint density at radius 2 is 1.86 bits per heavy atom. The summed E-state index contributed by atoms with van der Waals surface area (Å²) in [5.74, 6) is 0.00239. The number of ether oxygens (including phenoxy) is 2. The highest BCUT2D eigenvalue weighted by molar-refractivity contribution is 5.92. The lowest BCUT2D eigenvalue weighted by Gasteiger charge is -2.16. The van der Waals surface area contributed by atoms with E-state index in [1.165, 1.54) is 25.4 Å². The maximum Gasteiger partial charge on any atom is 0.513 e. The molecule has 0 saturated heterocycles. The van der Waals surface area contributed by atoms with Crippen molar-refractivity contribution in [3.63, 3.8) is 0 Å². The van der Waals surface area contributed by atoms with E-state index in [0.717, 1.165) is 5.56 Å². The minimum Gasteiger partial charge on any atom is -0.437 e. The number of carbonyl (C=O) groups is 2. The summed E-state index contributed by atoms with van der Waals surface area (Å²) in [6, 6.07) is 12.7. The largest absolute Gasteiger partial charge is 0.513 e. The summed E-state index contributed by atoms with van der Waals surface area (Å²) in [7, 11) is 2.92. The zero-order valence-electron chi connectivity index (χ0n) is 12.4. The second-order valence-corrected chi connectivity index (χ2v) is 4.58. The van der Waals surface area contributed by atoms with Crippen molar-refractivity contribution in [3.05, 3.63) is 59.9 Å². The molecule has 22 heavy (non-hydrogen) atoms. The molecule has 1 aromatic heterocycles. The van der Waals surface area contributed by atoms with Gasteiger partial charge in [-0.15, -0.1) is 0 Å². The molecule has 0 fully saturated rings. The molecule has 0 aliphatic heterocycles. The van der Waals surface area contributed by atoms with Crippen LogP contribution in [-0.2, 0) is 11.3 Å². The van der Waals surface area contributed by atoms with Gasteiger partial charge in [0.1, 0.15) is 5.69 Å². The van der Waals surface area contributed by atoms with Crippen LogP contribution < -0.4 is 4.74 Å². The fourth-order valence-electron chi connectivity index (χ4n) is 1.83. The van der Waals surface area contributed by atoms with Crippen LogP contribution in [0.5, 0.6) is 5.75 Å². The third kappa shape index (κ3) is 4.05. The Bertz CT molecular complexity index is 641. The van der Waals surface area contributed by atoms with E-state index < -0.39 is 6.16 Å². The van der Waals surface area contributed by atoms with Gasteiger partial charge in [-0.05, 0) is 17.7 Å². The molecule has 0 saturated carbocycles. The molecule has 0 aliphatic rings. The lowest BCUT2D eigenvalue weighted by atomic mass is 10.2. The van der Waals surface area contributed by atoms with Gasteiger partial charge in [0.05, 0.1) is 13.3 Å². The Hall–Kier alpha value is -2.89. The number of carbonyl (C=O) groups excluding carboxylic acids is 2. The smallest absolute Gasteiger partial charge is 0.437 e. The van der Waals surface area contributed by atoms with Gasteiger partial charge >= 0.3 is 6.16 Å². The number of aromatic nitrogens is 1. The first-order valence-electron chi connectivity index (χ1n) is 6.61. The molecular formula is C16H16N2O4. The summed E-state index contributed by atoms with van der Waals surface area (Å²) in [6.45, 7) is 0.488. The lowest BCUT2D eigenvalue weighted by Crippen LogP contribution is -2.26. The van der Waals surface area contributed by atoms with Crippen LogP contribution in [0.3, 0.4) is 0 Å². The highest BCUT2D eigenvalue weighted by Crippen LogP contribution is 2.12. The molecule has 6 heteroatoms. The van der Waals surface area contributed by atoms with Gasteiger partial charge in [0.25, 0.3) is 5.91 Å². The third-order valence-corrected chi connectivity index (χ3v) is 2.93. The summed E-state index contributed by atoms with van der Waals surface area (Å²) in [6.07, 6.45) is 0.475. The zero-order valence-corrected chi connectivity index (χ0v) is 12.4. The molecule has 114 valence electrons. The van der Waals surface area contributed by atoms with Crippen LogP contribution in [-0.4, -0.2) is 36.1 Å². The quantitative estimate of drug-likeness (QED) is 0.811. The van der Waals surface area contributed by atoms with Crippen LogP contribution in [0.25, 0.3) is 0 Å². The fourth-order valence-corrected chi connectivity index (χ4v) is 1.83. The summed E-state index contributed by atoms with van der Waals surface area (Å²) >= 11 is 0. The fraction of sp³-hybridized carbons (Fsp3) is 0.188. The summed E-state index contributed by atoms with van der Waals surface area (Å²) in [5.41, 5.74) is 1.31. The summed E-state index contributed by atoms with van der Waals surface area (Å²) in [5, 5.41) is 0. The molecule has 1 heterocycles. The summed E-state index contributed by atoms with van der Waals surface area (Å²) in [4.78, 5) is 28.8. The second-order valence-electron chi connectivity index (χ2n) is 4.58. The highest BCUT2D eigenvalue weighted by Gasteiger charge is 2.14. The molecular weight excluding hydrogens is 284 g/mol. The molecule has 0 bridgehead atoms. The highest BCUT2D eigenvalue weighted by atomic mass is 16.7. The molecule has 0 radical (unpaired) electrons. The number of methoxy groups -OCH3 is 1. The van der Waals surface area contributed by atoms with Crippen molar-refractivity contribution >= 4 is 12.1 Å². The van der Waals surface area contributed by atoms with Crippen LogP contribution in [0, 0.1) is 0 Å². The predicted molar refractivity (Wildman–Crippen MR) is 79.5 cm³/mol. The number of hydrogen-bond acceptors (Lipinski definition) is 5. The van der Waals surface area contributed by atoms with Crippen LogP contribution >= 0.6 is 0 Å². The molecule has 2 aromatic rings. The first-order valence-corrected chi connectivity index (χ1v) is 6.61. The van der Waals surface area contributed by atoms with E-state index >= 15 is 0 Å². The monoisotopic (exact) mass is 300 g/mol. The van der Waals surface area contributed by atoms with E-state index in [4.69, 9.17) is 4.74 Å². The summed E-state index contributed by atoms with van der Waals surface area (Å²) < 4.78 is 9.18. The molecule has 1 amide bonds. The van der Waals surface area contributed by atoms with Gasteiger partial charge in [-0.1, -0.05) is 30.3 Å². The molecule has 0 atom stereocenters. The van der Waals surface area contributed by atoms with Gasteiger partial charge in [0, 0.05) is 13.6 Å². The predicted octanol–water partition coefficient (Wildman–Crippen LogP) is 2.50. The maximum absolute atomic E-state index is 12.3. The van der Waals surface area contributed by atoms with Crippen molar-refractivity contribution in [2.24, 2.45) is 0 Å². The normalized spacial score (nSPS) is 9.91. The van der Waals surface area contributed by atoms with Crippen molar-refractivity contribution in [3.8, 4) is 5.75 Å². The number of benzene rings is 1. The van der Waals surface area contributed by atoms with Gasteiger partial charge < -0.3 is 14.4 Å². The van der Waals surface area contributed by atoms with Gasteiger partial charge in [0.2, 0.25) is 0 Å². The van der Waals surface area contributed by atoms with E-state index in [-0.39, 0.29) is 17.4 Å². The van der Waals surface area contributed by atoms with Crippen molar-refractivity contribution in [1.29, 1.82) is 0 Å². The average Bonchev–Trinajstić information content (AvgIpc) is 2.55. The van der Waals surface area contributed by atoms with Gasteiger partial charge in [-0.3, -0.25) is 4.79 Å². The van der Waals surface area contributed by atoms with E-state index in [0.29, 0.717) is 6.54 Å². The van der Waals surface area contributed by atoms with Gasteiger partial charge in [0.15, 0.2) is 5.75 Å². The van der Waals surface area contributed by atoms with Gasteiger partial charge in [-0.2, -0.15) is 0 Å². The maximum atomic E-state index is 12.3. The second kappa shape index (κ2) is 7.21. The van der Waals surface area contributed by atoms with E-state index in [1.54, 1.807) is 11.9 Å². The molecule has 1 aromatic carbocycles. The molecule has 2 rings (SSSR count). The Morgan fingerprint density at radius 3 is 2.45 bits per heavy atom. The SMILES string of the molecule is COC(=O)Oc1ccc(C(=O)N(C)Cc2ccccc2)nc1. The Balaban J connectivity index is 2.01. The zero-order chi connectivity index (χ0) is 15.9. The molecule has 0 N–H and O–H groups in total. The van der Waals surface area contributed by atoms with E-state index in [2.05, 4.69) is 9.72 Å². The number of pyridine rings is 1. The minimum absolute atomic E-state index is 0.214. The van der Waals surface area contributed by atoms with Gasteiger partial charge in [-0.25, -0.2) is 9.78 Å². The van der Waals surface area contributed by atoms with E-state index in [1.807, 2.05) is 30.3 Å². The van der Waals surface area contributed by atoms with Crippen molar-refractivity contribution in [1.82, 2.24) is 9.88 Å². The van der Waals surface area contributed by atoms with E-state index in [9.17, 15) is 9.59 Å². The van der Waals surface area contributed by atoms with Crippen molar-refractivity contribution in [2.75, 3.05) is 14.2 Å². The molecule has 0 unspecified atom stereocenters. The van der Waals surface area contributed by atoms with Crippen LogP contribution in [0.1, 0.15) is 16.1 Å². The topological polar surface area (TPSA) is 68.7 Å². The first kappa shape index (κ1) is 15.5.